The van der Waals surface area contributed by atoms with Crippen LogP contribution in [0.25, 0.3) is 0 Å². The number of nitrogens with one attached hydrogen (secondary N) is 1. The molecule has 5 heteroatoms. The number of pyridine rings is 1. The molecule has 0 radical (unpaired) electrons. The van der Waals surface area contributed by atoms with E-state index < -0.39 is 0 Å². The number of hydrazine groups is 1. The van der Waals surface area contributed by atoms with Gasteiger partial charge in [0, 0.05) is 28.9 Å². The molecule has 1 aliphatic rings. The van der Waals surface area contributed by atoms with Crippen molar-refractivity contribution in [2.24, 2.45) is 5.84 Å². The molecule has 0 bridgehead atoms. The average Bonchev–Trinajstić information content (AvgIpc) is 2.34. The van der Waals surface area contributed by atoms with E-state index in [0.29, 0.717) is 5.25 Å². The Balaban J connectivity index is 2.18. The zero-order chi connectivity index (χ0) is 11.4. The lowest BCUT2D eigenvalue weighted by Crippen LogP contribution is -2.36. The second kappa shape index (κ2) is 5.52. The van der Waals surface area contributed by atoms with Crippen LogP contribution in [0.1, 0.15) is 30.9 Å². The van der Waals surface area contributed by atoms with E-state index in [9.17, 15) is 0 Å². The summed E-state index contributed by atoms with van der Waals surface area (Å²) < 4.78 is 0. The van der Waals surface area contributed by atoms with E-state index in [-0.39, 0.29) is 6.04 Å². The average molecular weight is 238 g/mol. The Labute approximate surface area is 100 Å². The number of anilines is 1. The Bertz CT molecular complexity index is 339. The molecule has 1 saturated heterocycles. The predicted octanol–water partition coefficient (Wildman–Crippen LogP) is 1.45. The number of aromatic nitrogens is 1. The standard InChI is InChI=1S/C11H18N4S/c12-9-4-5-14-7-8(9)11(15-13)10-3-1-2-6-16-10/h4-5,7,10-11,15H,1-3,6,13H2,(H2,12,14). The second-order valence-corrected chi connectivity index (χ2v) is 5.40. The molecule has 1 fully saturated rings. The molecule has 1 aromatic heterocycles. The molecule has 1 aliphatic heterocycles. The third-order valence-corrected chi connectivity index (χ3v) is 4.45. The van der Waals surface area contributed by atoms with E-state index in [1.54, 1.807) is 6.20 Å². The number of nitrogen functional groups attached to an aromatic ring is 1. The van der Waals surface area contributed by atoms with Crippen LogP contribution in [0, 0.1) is 0 Å². The number of rotatable bonds is 3. The first-order chi connectivity index (χ1) is 7.83. The molecule has 5 N–H and O–H groups in total. The van der Waals surface area contributed by atoms with Gasteiger partial charge in [0.25, 0.3) is 0 Å². The van der Waals surface area contributed by atoms with Gasteiger partial charge in [0.1, 0.15) is 0 Å². The van der Waals surface area contributed by atoms with Crippen molar-refractivity contribution < 1.29 is 0 Å². The molecule has 2 heterocycles. The lowest BCUT2D eigenvalue weighted by Gasteiger charge is -2.29. The zero-order valence-corrected chi connectivity index (χ0v) is 10.0. The van der Waals surface area contributed by atoms with Crippen LogP contribution in [0.4, 0.5) is 5.69 Å². The van der Waals surface area contributed by atoms with E-state index in [0.717, 1.165) is 11.3 Å². The molecule has 2 atom stereocenters. The lowest BCUT2D eigenvalue weighted by molar-refractivity contribution is 0.492. The monoisotopic (exact) mass is 238 g/mol. The summed E-state index contributed by atoms with van der Waals surface area (Å²) >= 11 is 1.97. The highest BCUT2D eigenvalue weighted by Gasteiger charge is 2.26. The van der Waals surface area contributed by atoms with Gasteiger partial charge in [-0.3, -0.25) is 16.3 Å². The van der Waals surface area contributed by atoms with Crippen molar-refractivity contribution in [2.75, 3.05) is 11.5 Å². The van der Waals surface area contributed by atoms with Crippen molar-refractivity contribution in [2.45, 2.75) is 30.6 Å². The van der Waals surface area contributed by atoms with Crippen LogP contribution in [0.2, 0.25) is 0 Å². The topological polar surface area (TPSA) is 77.0 Å². The molecule has 0 aromatic carbocycles. The van der Waals surface area contributed by atoms with Crippen LogP contribution in [-0.2, 0) is 0 Å². The van der Waals surface area contributed by atoms with Crippen LogP contribution in [-0.4, -0.2) is 16.0 Å². The van der Waals surface area contributed by atoms with Crippen LogP contribution < -0.4 is 17.0 Å². The molecule has 4 nitrogen and oxygen atoms in total. The van der Waals surface area contributed by atoms with Gasteiger partial charge in [-0.15, -0.1) is 0 Å². The highest BCUT2D eigenvalue weighted by atomic mass is 32.2. The number of hydrogen-bond acceptors (Lipinski definition) is 5. The summed E-state index contributed by atoms with van der Waals surface area (Å²) in [5.41, 5.74) is 10.6. The molecule has 0 saturated carbocycles. The van der Waals surface area contributed by atoms with E-state index in [2.05, 4.69) is 10.4 Å². The first-order valence-corrected chi connectivity index (χ1v) is 6.65. The maximum atomic E-state index is 5.96. The Hall–Kier alpha value is -0.780. The quantitative estimate of drug-likeness (QED) is 0.549. The number of nitrogens with two attached hydrogens (primary N) is 2. The largest absolute Gasteiger partial charge is 0.398 e. The van der Waals surface area contributed by atoms with Gasteiger partial charge in [0.15, 0.2) is 0 Å². The molecule has 1 aromatic rings. The highest BCUT2D eigenvalue weighted by Crippen LogP contribution is 2.35. The maximum absolute atomic E-state index is 5.96. The molecular weight excluding hydrogens is 220 g/mol. The molecule has 0 spiro atoms. The van der Waals surface area contributed by atoms with Gasteiger partial charge in [-0.2, -0.15) is 11.8 Å². The summed E-state index contributed by atoms with van der Waals surface area (Å²) in [5, 5.41) is 0.505. The number of hydrogen-bond donors (Lipinski definition) is 3. The van der Waals surface area contributed by atoms with Crippen molar-refractivity contribution in [1.29, 1.82) is 0 Å². The minimum atomic E-state index is 0.110. The highest BCUT2D eigenvalue weighted by molar-refractivity contribution is 8.00. The third-order valence-electron chi connectivity index (χ3n) is 2.99. The van der Waals surface area contributed by atoms with Crippen molar-refractivity contribution in [3.63, 3.8) is 0 Å². The Morgan fingerprint density at radius 3 is 3.00 bits per heavy atom. The van der Waals surface area contributed by atoms with Crippen LogP contribution >= 0.6 is 11.8 Å². The number of thioether (sulfide) groups is 1. The molecule has 0 aliphatic carbocycles. The fourth-order valence-electron chi connectivity index (χ4n) is 2.10. The first-order valence-electron chi connectivity index (χ1n) is 5.60. The van der Waals surface area contributed by atoms with Crippen molar-refractivity contribution in [3.8, 4) is 0 Å². The third kappa shape index (κ3) is 2.48. The van der Waals surface area contributed by atoms with Crippen LogP contribution in [0.3, 0.4) is 0 Å². The number of nitrogens with zero attached hydrogens (tertiary/aromatic N) is 1. The fraction of sp³-hybridized carbons (Fsp3) is 0.545. The maximum Gasteiger partial charge on any atom is 0.0614 e. The minimum Gasteiger partial charge on any atom is -0.398 e. The summed E-state index contributed by atoms with van der Waals surface area (Å²) in [6, 6.07) is 1.94. The van der Waals surface area contributed by atoms with Gasteiger partial charge < -0.3 is 5.73 Å². The lowest BCUT2D eigenvalue weighted by atomic mass is 10.0. The molecule has 88 valence electrons. The van der Waals surface area contributed by atoms with Crippen molar-refractivity contribution in [1.82, 2.24) is 10.4 Å². The predicted molar refractivity (Wildman–Crippen MR) is 68.8 cm³/mol. The summed E-state index contributed by atoms with van der Waals surface area (Å²) in [4.78, 5) is 4.12. The normalized spacial score (nSPS) is 22.9. The summed E-state index contributed by atoms with van der Waals surface area (Å²) in [5.74, 6) is 6.87. The van der Waals surface area contributed by atoms with Gasteiger partial charge in [0.2, 0.25) is 0 Å². The van der Waals surface area contributed by atoms with Gasteiger partial charge in [-0.25, -0.2) is 0 Å². The van der Waals surface area contributed by atoms with E-state index in [1.165, 1.54) is 25.0 Å². The summed E-state index contributed by atoms with van der Waals surface area (Å²) in [6.45, 7) is 0. The fourth-order valence-corrected chi connectivity index (χ4v) is 3.53. The summed E-state index contributed by atoms with van der Waals surface area (Å²) in [7, 11) is 0. The minimum absolute atomic E-state index is 0.110. The van der Waals surface area contributed by atoms with E-state index in [1.807, 2.05) is 24.0 Å². The molecule has 16 heavy (non-hydrogen) atoms. The SMILES string of the molecule is NNC(c1cnccc1N)C1CCCCS1. The smallest absolute Gasteiger partial charge is 0.0614 e. The van der Waals surface area contributed by atoms with Gasteiger partial charge in [0.05, 0.1) is 6.04 Å². The van der Waals surface area contributed by atoms with E-state index >= 15 is 0 Å². The second-order valence-electron chi connectivity index (χ2n) is 4.05. The molecule has 2 unspecified atom stereocenters. The Morgan fingerprint density at radius 2 is 2.38 bits per heavy atom. The molecule has 2 rings (SSSR count). The molecule has 0 amide bonds. The van der Waals surface area contributed by atoms with E-state index in [4.69, 9.17) is 11.6 Å². The van der Waals surface area contributed by atoms with Gasteiger partial charge >= 0.3 is 0 Å². The van der Waals surface area contributed by atoms with Crippen molar-refractivity contribution in [3.05, 3.63) is 24.0 Å². The molecular formula is C11H18N4S. The Kier molecular flexibility index (Phi) is 4.04. The van der Waals surface area contributed by atoms with Crippen LogP contribution in [0.15, 0.2) is 18.5 Å². The first kappa shape index (κ1) is 11.7. The zero-order valence-electron chi connectivity index (χ0n) is 9.23. The van der Waals surface area contributed by atoms with Gasteiger partial charge in [-0.1, -0.05) is 6.42 Å². The van der Waals surface area contributed by atoms with Crippen molar-refractivity contribution >= 4 is 17.4 Å². The Morgan fingerprint density at radius 1 is 1.50 bits per heavy atom. The summed E-state index contributed by atoms with van der Waals surface area (Å²) in [6.07, 6.45) is 7.29. The van der Waals surface area contributed by atoms with Crippen LogP contribution in [0.5, 0.6) is 0 Å². The van der Waals surface area contributed by atoms with Gasteiger partial charge in [-0.05, 0) is 24.7 Å².